The summed E-state index contributed by atoms with van der Waals surface area (Å²) >= 11 is 3.22. The molecule has 1 rings (SSSR count). The summed E-state index contributed by atoms with van der Waals surface area (Å²) in [5.74, 6) is -0.264. The van der Waals surface area contributed by atoms with Crippen LogP contribution in [0.2, 0.25) is 0 Å². The molecule has 0 amide bonds. The highest BCUT2D eigenvalue weighted by Gasteiger charge is 2.09. The molecule has 88 valence electrons. The lowest BCUT2D eigenvalue weighted by Gasteiger charge is -2.20. The van der Waals surface area contributed by atoms with E-state index in [1.807, 2.05) is 11.0 Å². The molecule has 4 heteroatoms. The van der Waals surface area contributed by atoms with Crippen molar-refractivity contribution in [2.75, 3.05) is 19.7 Å². The standard InChI is InChI=1S/C12H15BrFNO/c1-2-6-15(7-8-16)9-10-4-3-5-11(14)12(10)13/h2-5,16H,1,6-9H2. The number of aliphatic hydroxyl groups is 1. The second-order valence-electron chi connectivity index (χ2n) is 3.46. The van der Waals surface area contributed by atoms with Gasteiger partial charge in [0.25, 0.3) is 0 Å². The molecule has 0 spiro atoms. The van der Waals surface area contributed by atoms with Crippen molar-refractivity contribution in [1.82, 2.24) is 4.90 Å². The van der Waals surface area contributed by atoms with Crippen LogP contribution >= 0.6 is 15.9 Å². The third kappa shape index (κ3) is 3.70. The molecule has 16 heavy (non-hydrogen) atoms. The summed E-state index contributed by atoms with van der Waals surface area (Å²) in [7, 11) is 0. The fraction of sp³-hybridized carbons (Fsp3) is 0.333. The van der Waals surface area contributed by atoms with Crippen molar-refractivity contribution >= 4 is 15.9 Å². The van der Waals surface area contributed by atoms with E-state index >= 15 is 0 Å². The van der Waals surface area contributed by atoms with Gasteiger partial charge in [0.2, 0.25) is 0 Å². The molecule has 0 aliphatic rings. The zero-order valence-electron chi connectivity index (χ0n) is 9.00. The average molecular weight is 288 g/mol. The minimum absolute atomic E-state index is 0.0841. The third-order valence-electron chi connectivity index (χ3n) is 2.23. The summed E-state index contributed by atoms with van der Waals surface area (Å²) in [5, 5.41) is 8.90. The molecule has 0 heterocycles. The average Bonchev–Trinajstić information content (AvgIpc) is 2.25. The summed E-state index contributed by atoms with van der Waals surface area (Å²) in [6, 6.07) is 4.96. The Bertz CT molecular complexity index is 357. The van der Waals surface area contributed by atoms with Crippen molar-refractivity contribution in [3.63, 3.8) is 0 Å². The molecule has 1 aromatic rings. The molecule has 0 aliphatic carbocycles. The molecule has 0 fully saturated rings. The van der Waals surface area contributed by atoms with Crippen LogP contribution in [0.5, 0.6) is 0 Å². The lowest BCUT2D eigenvalue weighted by atomic mass is 10.2. The Morgan fingerprint density at radius 2 is 2.25 bits per heavy atom. The van der Waals surface area contributed by atoms with Crippen LogP contribution in [0, 0.1) is 5.82 Å². The number of hydrogen-bond acceptors (Lipinski definition) is 2. The van der Waals surface area contributed by atoms with Gasteiger partial charge in [-0.05, 0) is 27.6 Å². The molecule has 0 unspecified atom stereocenters. The molecule has 2 nitrogen and oxygen atoms in total. The van der Waals surface area contributed by atoms with Crippen molar-refractivity contribution in [1.29, 1.82) is 0 Å². The largest absolute Gasteiger partial charge is 0.395 e. The van der Waals surface area contributed by atoms with Crippen LogP contribution in [-0.2, 0) is 6.54 Å². The minimum atomic E-state index is -0.264. The number of benzene rings is 1. The maximum Gasteiger partial charge on any atom is 0.137 e. The summed E-state index contributed by atoms with van der Waals surface area (Å²) in [4.78, 5) is 1.99. The number of rotatable bonds is 6. The zero-order chi connectivity index (χ0) is 12.0. The monoisotopic (exact) mass is 287 g/mol. The van der Waals surface area contributed by atoms with Gasteiger partial charge in [-0.15, -0.1) is 6.58 Å². The van der Waals surface area contributed by atoms with E-state index in [1.165, 1.54) is 6.07 Å². The van der Waals surface area contributed by atoms with E-state index in [-0.39, 0.29) is 12.4 Å². The predicted octanol–water partition coefficient (Wildman–Crippen LogP) is 2.57. The highest BCUT2D eigenvalue weighted by atomic mass is 79.9. The first-order valence-electron chi connectivity index (χ1n) is 5.06. The van der Waals surface area contributed by atoms with Gasteiger partial charge in [0.05, 0.1) is 11.1 Å². The predicted molar refractivity (Wildman–Crippen MR) is 66.7 cm³/mol. The van der Waals surface area contributed by atoms with E-state index in [1.54, 1.807) is 12.1 Å². The van der Waals surface area contributed by atoms with E-state index in [2.05, 4.69) is 22.5 Å². The van der Waals surface area contributed by atoms with Crippen molar-refractivity contribution in [2.24, 2.45) is 0 Å². The van der Waals surface area contributed by atoms with E-state index < -0.39 is 0 Å². The Kier molecular flexibility index (Phi) is 5.66. The lowest BCUT2D eigenvalue weighted by Crippen LogP contribution is -2.26. The molecule has 0 bridgehead atoms. The molecule has 0 aliphatic heterocycles. The van der Waals surface area contributed by atoms with Crippen LogP contribution in [0.25, 0.3) is 0 Å². The first-order valence-corrected chi connectivity index (χ1v) is 5.85. The molecule has 0 saturated heterocycles. The Balaban J connectivity index is 2.76. The smallest absolute Gasteiger partial charge is 0.137 e. The number of aliphatic hydroxyl groups excluding tert-OH is 1. The van der Waals surface area contributed by atoms with E-state index in [0.717, 1.165) is 5.56 Å². The fourth-order valence-electron chi connectivity index (χ4n) is 1.47. The fourth-order valence-corrected chi connectivity index (χ4v) is 1.86. The van der Waals surface area contributed by atoms with Crippen LogP contribution in [0.1, 0.15) is 5.56 Å². The zero-order valence-corrected chi connectivity index (χ0v) is 10.6. The second kappa shape index (κ2) is 6.78. The number of halogens is 2. The van der Waals surface area contributed by atoms with Gasteiger partial charge in [-0.2, -0.15) is 0 Å². The van der Waals surface area contributed by atoms with Gasteiger partial charge >= 0.3 is 0 Å². The number of hydrogen-bond donors (Lipinski definition) is 1. The van der Waals surface area contributed by atoms with Gasteiger partial charge in [0, 0.05) is 19.6 Å². The topological polar surface area (TPSA) is 23.5 Å². The van der Waals surface area contributed by atoms with Gasteiger partial charge in [0.1, 0.15) is 5.82 Å². The van der Waals surface area contributed by atoms with Crippen LogP contribution in [-0.4, -0.2) is 29.7 Å². The van der Waals surface area contributed by atoms with Crippen molar-refractivity contribution in [2.45, 2.75) is 6.54 Å². The molecule has 1 N–H and O–H groups in total. The maximum atomic E-state index is 13.3. The summed E-state index contributed by atoms with van der Waals surface area (Å²) in [5.41, 5.74) is 0.871. The summed E-state index contributed by atoms with van der Waals surface area (Å²) < 4.78 is 13.8. The minimum Gasteiger partial charge on any atom is -0.395 e. The van der Waals surface area contributed by atoms with Crippen LogP contribution in [0.15, 0.2) is 35.3 Å². The molecule has 0 radical (unpaired) electrons. The van der Waals surface area contributed by atoms with Crippen molar-refractivity contribution < 1.29 is 9.50 Å². The first-order chi connectivity index (χ1) is 7.69. The van der Waals surface area contributed by atoms with Crippen molar-refractivity contribution in [3.05, 3.63) is 46.7 Å². The Hall–Kier alpha value is -0.710. The van der Waals surface area contributed by atoms with Gasteiger partial charge in [-0.25, -0.2) is 4.39 Å². The first kappa shape index (κ1) is 13.4. The van der Waals surface area contributed by atoms with Crippen molar-refractivity contribution in [3.8, 4) is 0 Å². The van der Waals surface area contributed by atoms with E-state index in [4.69, 9.17) is 5.11 Å². The molecule has 1 aromatic carbocycles. The number of nitrogens with zero attached hydrogens (tertiary/aromatic N) is 1. The Labute approximate surface area is 104 Å². The van der Waals surface area contributed by atoms with Crippen LogP contribution < -0.4 is 0 Å². The molecule has 0 aromatic heterocycles. The quantitative estimate of drug-likeness (QED) is 0.813. The normalized spacial score (nSPS) is 10.8. The van der Waals surface area contributed by atoms with E-state index in [0.29, 0.717) is 24.1 Å². The van der Waals surface area contributed by atoms with Gasteiger partial charge in [-0.3, -0.25) is 4.90 Å². The molecule has 0 atom stereocenters. The summed E-state index contributed by atoms with van der Waals surface area (Å²) in [6.07, 6.45) is 1.77. The lowest BCUT2D eigenvalue weighted by molar-refractivity contribution is 0.203. The van der Waals surface area contributed by atoms with Gasteiger partial charge < -0.3 is 5.11 Å². The maximum absolute atomic E-state index is 13.3. The molecule has 0 saturated carbocycles. The summed E-state index contributed by atoms with van der Waals surface area (Å²) in [6.45, 7) is 5.55. The molecular weight excluding hydrogens is 273 g/mol. The third-order valence-corrected chi connectivity index (χ3v) is 3.12. The van der Waals surface area contributed by atoms with Gasteiger partial charge in [-0.1, -0.05) is 18.2 Å². The Morgan fingerprint density at radius 3 is 2.88 bits per heavy atom. The van der Waals surface area contributed by atoms with Crippen LogP contribution in [0.4, 0.5) is 4.39 Å². The SMILES string of the molecule is C=CCN(CCO)Cc1cccc(F)c1Br. The van der Waals surface area contributed by atoms with Crippen LogP contribution in [0.3, 0.4) is 0 Å². The highest BCUT2D eigenvalue weighted by Crippen LogP contribution is 2.21. The Morgan fingerprint density at radius 1 is 1.50 bits per heavy atom. The molecular formula is C12H15BrFNO. The van der Waals surface area contributed by atoms with Gasteiger partial charge in [0.15, 0.2) is 0 Å². The van der Waals surface area contributed by atoms with E-state index in [9.17, 15) is 4.39 Å². The second-order valence-corrected chi connectivity index (χ2v) is 4.25. The highest BCUT2D eigenvalue weighted by molar-refractivity contribution is 9.10.